The number of fused-ring (bicyclic) bond motifs is 1. The number of pyridine rings is 1. The van der Waals surface area contributed by atoms with E-state index in [1.54, 1.807) is 55.6 Å². The standard InChI is InChI=1S/C32H33FN4O6S/c1-3-43-26-18-20(9-12-25(26)33)28(36-21-10-11-22-19(17-21)13-15-35-30(22)34)31(38)37-16-14-24(32(39)40)29(37)23-7-5-6-8-27(23)44(41,42)4-2/h5-13,15,17-18,24,28-29,36H,3-4,14,16H2,1-2H3,(H2,34,35)(H,39,40). The van der Waals surface area contributed by atoms with Crippen molar-refractivity contribution in [3.8, 4) is 5.75 Å². The third kappa shape index (κ3) is 5.89. The van der Waals surface area contributed by atoms with Crippen molar-refractivity contribution in [3.63, 3.8) is 0 Å². The number of hydrogen-bond donors (Lipinski definition) is 3. The Morgan fingerprint density at radius 2 is 1.91 bits per heavy atom. The van der Waals surface area contributed by atoms with Gasteiger partial charge in [0.05, 0.1) is 29.2 Å². The number of hydrogen-bond acceptors (Lipinski definition) is 8. The fourth-order valence-electron chi connectivity index (χ4n) is 5.72. The van der Waals surface area contributed by atoms with Gasteiger partial charge in [-0.25, -0.2) is 17.8 Å². The topological polar surface area (TPSA) is 152 Å². The van der Waals surface area contributed by atoms with Gasteiger partial charge >= 0.3 is 5.97 Å². The Morgan fingerprint density at radius 1 is 1.14 bits per heavy atom. The van der Waals surface area contributed by atoms with Crippen LogP contribution in [0.2, 0.25) is 0 Å². The molecule has 1 saturated heterocycles. The summed E-state index contributed by atoms with van der Waals surface area (Å²) in [7, 11) is -3.75. The predicted molar refractivity (Wildman–Crippen MR) is 164 cm³/mol. The van der Waals surface area contributed by atoms with E-state index in [4.69, 9.17) is 10.5 Å². The number of aromatic nitrogens is 1. The summed E-state index contributed by atoms with van der Waals surface area (Å²) in [5, 5.41) is 14.9. The lowest BCUT2D eigenvalue weighted by molar-refractivity contribution is -0.143. The highest BCUT2D eigenvalue weighted by atomic mass is 32.2. The molecule has 3 unspecified atom stereocenters. The van der Waals surface area contributed by atoms with Crippen LogP contribution in [0.1, 0.15) is 43.5 Å². The van der Waals surface area contributed by atoms with Crippen LogP contribution in [0.25, 0.3) is 10.8 Å². The molecule has 0 aliphatic carbocycles. The third-order valence-corrected chi connectivity index (χ3v) is 9.69. The van der Waals surface area contributed by atoms with Crippen LogP contribution in [-0.4, -0.2) is 54.2 Å². The molecule has 1 aliphatic rings. The van der Waals surface area contributed by atoms with Crippen LogP contribution in [0.3, 0.4) is 0 Å². The number of ether oxygens (including phenoxy) is 1. The first-order valence-electron chi connectivity index (χ1n) is 14.2. The van der Waals surface area contributed by atoms with E-state index in [0.717, 1.165) is 10.8 Å². The molecule has 4 N–H and O–H groups in total. The highest BCUT2D eigenvalue weighted by molar-refractivity contribution is 7.91. The zero-order chi connectivity index (χ0) is 31.6. The molecule has 0 radical (unpaired) electrons. The zero-order valence-electron chi connectivity index (χ0n) is 24.2. The molecular formula is C32H33FN4O6S. The van der Waals surface area contributed by atoms with Crippen molar-refractivity contribution in [2.45, 2.75) is 37.2 Å². The van der Waals surface area contributed by atoms with Gasteiger partial charge in [-0.15, -0.1) is 0 Å². The van der Waals surface area contributed by atoms with E-state index >= 15 is 0 Å². The van der Waals surface area contributed by atoms with Gasteiger partial charge in [0, 0.05) is 23.8 Å². The lowest BCUT2D eigenvalue weighted by atomic mass is 9.93. The zero-order valence-corrected chi connectivity index (χ0v) is 25.1. The number of carbonyl (C=O) groups is 2. The summed E-state index contributed by atoms with van der Waals surface area (Å²) in [6.07, 6.45) is 1.69. The minimum Gasteiger partial charge on any atom is -0.491 e. The number of benzene rings is 3. The van der Waals surface area contributed by atoms with E-state index in [1.807, 2.05) is 0 Å². The summed E-state index contributed by atoms with van der Waals surface area (Å²) < 4.78 is 46.2. The summed E-state index contributed by atoms with van der Waals surface area (Å²) in [5.74, 6) is -3.17. The molecule has 4 aromatic rings. The predicted octanol–water partition coefficient (Wildman–Crippen LogP) is 4.98. The first-order valence-corrected chi connectivity index (χ1v) is 15.9. The first-order chi connectivity index (χ1) is 21.1. The van der Waals surface area contributed by atoms with E-state index in [0.29, 0.717) is 17.1 Å². The molecule has 3 atom stereocenters. The maximum atomic E-state index is 14.6. The molecule has 44 heavy (non-hydrogen) atoms. The van der Waals surface area contributed by atoms with Gasteiger partial charge in [-0.2, -0.15) is 0 Å². The van der Waals surface area contributed by atoms with Crippen LogP contribution in [0, 0.1) is 11.7 Å². The van der Waals surface area contributed by atoms with Gasteiger partial charge in [0.2, 0.25) is 5.91 Å². The summed E-state index contributed by atoms with van der Waals surface area (Å²) in [4.78, 5) is 32.5. The van der Waals surface area contributed by atoms with Crippen molar-refractivity contribution < 1.29 is 32.2 Å². The molecule has 230 valence electrons. The Labute approximate surface area is 254 Å². The summed E-state index contributed by atoms with van der Waals surface area (Å²) in [6, 6.07) is 15.2. The van der Waals surface area contributed by atoms with Crippen LogP contribution >= 0.6 is 0 Å². The molecule has 3 aromatic carbocycles. The first kappa shape index (κ1) is 30.7. The van der Waals surface area contributed by atoms with Crippen LogP contribution in [0.4, 0.5) is 15.9 Å². The lowest BCUT2D eigenvalue weighted by Gasteiger charge is -2.32. The number of nitrogens with zero attached hydrogens (tertiary/aromatic N) is 2. The van der Waals surface area contributed by atoms with E-state index in [9.17, 15) is 27.5 Å². The minimum atomic E-state index is -3.75. The van der Waals surface area contributed by atoms with Crippen molar-refractivity contribution in [1.29, 1.82) is 0 Å². The monoisotopic (exact) mass is 620 g/mol. The van der Waals surface area contributed by atoms with Gasteiger partial charge in [0.1, 0.15) is 11.9 Å². The van der Waals surface area contributed by atoms with E-state index in [-0.39, 0.29) is 41.5 Å². The molecule has 1 amide bonds. The SMILES string of the molecule is CCOc1cc(C(Nc2ccc3c(N)nccc3c2)C(=O)N2CCC(C(=O)O)C2c2ccccc2S(=O)(=O)CC)ccc1F. The summed E-state index contributed by atoms with van der Waals surface area (Å²) in [6.45, 7) is 3.49. The van der Waals surface area contributed by atoms with Gasteiger partial charge in [-0.1, -0.05) is 31.2 Å². The lowest BCUT2D eigenvalue weighted by Crippen LogP contribution is -2.39. The number of carboxylic acid groups (broad SMARTS) is 1. The molecule has 0 bridgehead atoms. The van der Waals surface area contributed by atoms with Crippen LogP contribution < -0.4 is 15.8 Å². The second-order valence-corrected chi connectivity index (χ2v) is 12.7. The highest BCUT2D eigenvalue weighted by Gasteiger charge is 2.45. The molecule has 1 aliphatic heterocycles. The fourth-order valence-corrected chi connectivity index (χ4v) is 6.87. The number of aliphatic carboxylic acids is 1. The number of nitrogens with one attached hydrogen (secondary N) is 1. The van der Waals surface area contributed by atoms with Crippen molar-refractivity contribution in [3.05, 3.63) is 89.9 Å². The average molecular weight is 621 g/mol. The van der Waals surface area contributed by atoms with Crippen molar-refractivity contribution in [1.82, 2.24) is 9.88 Å². The van der Waals surface area contributed by atoms with Gasteiger partial charge < -0.3 is 25.8 Å². The summed E-state index contributed by atoms with van der Waals surface area (Å²) in [5.41, 5.74) is 7.18. The molecule has 10 nitrogen and oxygen atoms in total. The molecule has 0 saturated carbocycles. The van der Waals surface area contributed by atoms with E-state index in [2.05, 4.69) is 10.3 Å². The quantitative estimate of drug-likeness (QED) is 0.223. The molecule has 2 heterocycles. The normalized spacial score (nSPS) is 17.4. The van der Waals surface area contributed by atoms with Crippen LogP contribution in [0.5, 0.6) is 5.75 Å². The number of amides is 1. The number of nitrogens with two attached hydrogens (primary N) is 1. The van der Waals surface area contributed by atoms with Crippen molar-refractivity contribution in [2.24, 2.45) is 5.92 Å². The third-order valence-electron chi connectivity index (χ3n) is 7.89. The molecule has 1 fully saturated rings. The minimum absolute atomic E-state index is 0.0101. The Kier molecular flexibility index (Phi) is 8.73. The van der Waals surface area contributed by atoms with Gasteiger partial charge in [-0.05, 0) is 72.3 Å². The van der Waals surface area contributed by atoms with Crippen molar-refractivity contribution >= 4 is 44.0 Å². The molecule has 0 spiro atoms. The van der Waals surface area contributed by atoms with Crippen LogP contribution in [-0.2, 0) is 19.4 Å². The Hall–Kier alpha value is -4.71. The number of carbonyl (C=O) groups excluding carboxylic acids is 1. The van der Waals surface area contributed by atoms with E-state index in [1.165, 1.54) is 36.1 Å². The highest BCUT2D eigenvalue weighted by Crippen LogP contribution is 2.42. The van der Waals surface area contributed by atoms with Gasteiger partial charge in [0.15, 0.2) is 21.4 Å². The number of carboxylic acids is 1. The molecule has 12 heteroatoms. The Morgan fingerprint density at radius 3 is 2.64 bits per heavy atom. The summed E-state index contributed by atoms with van der Waals surface area (Å²) >= 11 is 0. The van der Waals surface area contributed by atoms with Crippen molar-refractivity contribution in [2.75, 3.05) is 30.0 Å². The largest absolute Gasteiger partial charge is 0.491 e. The second kappa shape index (κ2) is 12.5. The second-order valence-electron chi connectivity index (χ2n) is 10.5. The maximum absolute atomic E-state index is 14.6. The van der Waals surface area contributed by atoms with Crippen LogP contribution in [0.15, 0.2) is 77.8 Å². The number of nitrogen functional groups attached to an aromatic ring is 1. The molecule has 5 rings (SSSR count). The number of anilines is 2. The number of halogens is 1. The average Bonchev–Trinajstić information content (AvgIpc) is 3.47. The number of likely N-dealkylation sites (tertiary alicyclic amines) is 1. The Balaban J connectivity index is 1.62. The van der Waals surface area contributed by atoms with E-state index < -0.39 is 45.5 Å². The van der Waals surface area contributed by atoms with Gasteiger partial charge in [-0.3, -0.25) is 9.59 Å². The molecular weight excluding hydrogens is 587 g/mol. The smallest absolute Gasteiger partial charge is 0.309 e. The Bertz CT molecular complexity index is 1830. The van der Waals surface area contributed by atoms with Gasteiger partial charge in [0.25, 0.3) is 0 Å². The fraction of sp³-hybridized carbons (Fsp3) is 0.281. The molecule has 1 aromatic heterocycles. The number of rotatable bonds is 10. The maximum Gasteiger partial charge on any atom is 0.309 e. The number of sulfone groups is 1.